The van der Waals surface area contributed by atoms with Crippen LogP contribution in [0, 0.1) is 0 Å². The first-order chi connectivity index (χ1) is 8.41. The molecule has 0 aliphatic carbocycles. The van der Waals surface area contributed by atoms with Crippen LogP contribution < -0.4 is 0 Å². The summed E-state index contributed by atoms with van der Waals surface area (Å²) in [6.07, 6.45) is 0. The van der Waals surface area contributed by atoms with Crippen LogP contribution in [-0.4, -0.2) is 9.78 Å². The van der Waals surface area contributed by atoms with Crippen LogP contribution in [0.1, 0.15) is 25.5 Å². The van der Waals surface area contributed by atoms with Gasteiger partial charge in [0.1, 0.15) is 5.69 Å². The smallest absolute Gasteiger partial charge is 0.113 e. The minimum absolute atomic E-state index is 0.301. The summed E-state index contributed by atoms with van der Waals surface area (Å²) in [6, 6.07) is 5.31. The van der Waals surface area contributed by atoms with Gasteiger partial charge in [-0.2, -0.15) is 5.10 Å². The molecule has 1 aromatic heterocycles. The lowest BCUT2D eigenvalue weighted by Crippen LogP contribution is -1.99. The van der Waals surface area contributed by atoms with Crippen LogP contribution in [0.2, 0.25) is 15.1 Å². The molecule has 5 heteroatoms. The fraction of sp³-hybridized carbons (Fsp3) is 0.308. The van der Waals surface area contributed by atoms with E-state index in [0.717, 1.165) is 11.3 Å². The van der Waals surface area contributed by atoms with Crippen molar-refractivity contribution < 1.29 is 0 Å². The summed E-state index contributed by atoms with van der Waals surface area (Å²) in [7, 11) is 1.88. The molecule has 2 aromatic rings. The summed E-state index contributed by atoms with van der Waals surface area (Å²) < 4.78 is 1.80. The molecule has 0 N–H and O–H groups in total. The number of nitrogens with zero attached hydrogens (tertiary/aromatic N) is 2. The van der Waals surface area contributed by atoms with Crippen molar-refractivity contribution >= 4 is 34.8 Å². The van der Waals surface area contributed by atoms with Crippen LogP contribution in [0.4, 0.5) is 0 Å². The Morgan fingerprint density at radius 3 is 2.33 bits per heavy atom. The number of halogens is 3. The predicted octanol–water partition coefficient (Wildman–Crippen LogP) is 5.17. The minimum atomic E-state index is 0.301. The molecule has 0 atom stereocenters. The first-order valence-electron chi connectivity index (χ1n) is 5.59. The molecule has 0 fully saturated rings. The summed E-state index contributed by atoms with van der Waals surface area (Å²) in [5, 5.41) is 6.25. The van der Waals surface area contributed by atoms with Gasteiger partial charge in [0, 0.05) is 17.6 Å². The van der Waals surface area contributed by atoms with Crippen molar-refractivity contribution in [2.45, 2.75) is 19.8 Å². The summed E-state index contributed by atoms with van der Waals surface area (Å²) >= 11 is 18.5. The fourth-order valence-corrected chi connectivity index (χ4v) is 2.97. The van der Waals surface area contributed by atoms with Gasteiger partial charge in [-0.3, -0.25) is 4.68 Å². The van der Waals surface area contributed by atoms with E-state index in [0.29, 0.717) is 26.7 Å². The topological polar surface area (TPSA) is 17.8 Å². The predicted molar refractivity (Wildman–Crippen MR) is 77.8 cm³/mol. The molecule has 96 valence electrons. The summed E-state index contributed by atoms with van der Waals surface area (Å²) in [4.78, 5) is 0. The van der Waals surface area contributed by atoms with Crippen LogP contribution >= 0.6 is 34.8 Å². The summed E-state index contributed by atoms with van der Waals surface area (Å²) in [5.74, 6) is 0.301. The largest absolute Gasteiger partial charge is 0.270 e. The number of rotatable bonds is 2. The number of aromatic nitrogens is 2. The molecule has 0 radical (unpaired) electrons. The molecule has 0 bridgehead atoms. The van der Waals surface area contributed by atoms with E-state index in [2.05, 4.69) is 18.9 Å². The van der Waals surface area contributed by atoms with E-state index < -0.39 is 0 Å². The number of hydrogen-bond acceptors (Lipinski definition) is 1. The van der Waals surface area contributed by atoms with E-state index in [1.807, 2.05) is 13.1 Å². The standard InChI is InChI=1S/C13H13Cl3N2/c1-7(2)13-11(16)12(17-18(13)3)9-5-4-8(14)6-10(9)15/h4-7H,1-3H3. The number of benzene rings is 1. The third kappa shape index (κ3) is 2.37. The quantitative estimate of drug-likeness (QED) is 0.748. The monoisotopic (exact) mass is 302 g/mol. The highest BCUT2D eigenvalue weighted by Crippen LogP contribution is 2.37. The Bertz CT molecular complexity index is 588. The second-order valence-electron chi connectivity index (χ2n) is 4.45. The molecule has 2 rings (SSSR count). The van der Waals surface area contributed by atoms with E-state index in [1.165, 1.54) is 0 Å². The molecular formula is C13H13Cl3N2. The molecule has 0 unspecified atom stereocenters. The van der Waals surface area contributed by atoms with Gasteiger partial charge >= 0.3 is 0 Å². The van der Waals surface area contributed by atoms with Crippen LogP contribution in [0.3, 0.4) is 0 Å². The van der Waals surface area contributed by atoms with Gasteiger partial charge in [-0.15, -0.1) is 0 Å². The van der Waals surface area contributed by atoms with Crippen molar-refractivity contribution in [3.63, 3.8) is 0 Å². The van der Waals surface area contributed by atoms with Gasteiger partial charge in [0.2, 0.25) is 0 Å². The zero-order valence-corrected chi connectivity index (χ0v) is 12.6. The van der Waals surface area contributed by atoms with Crippen molar-refractivity contribution in [2.75, 3.05) is 0 Å². The van der Waals surface area contributed by atoms with Gasteiger partial charge in [0.05, 0.1) is 15.7 Å². The second kappa shape index (κ2) is 5.12. The zero-order chi connectivity index (χ0) is 13.4. The maximum atomic E-state index is 6.40. The molecule has 0 aliphatic heterocycles. The van der Waals surface area contributed by atoms with E-state index in [4.69, 9.17) is 34.8 Å². The van der Waals surface area contributed by atoms with E-state index in [1.54, 1.807) is 16.8 Å². The lowest BCUT2D eigenvalue weighted by atomic mass is 10.1. The Morgan fingerprint density at radius 2 is 1.83 bits per heavy atom. The van der Waals surface area contributed by atoms with Crippen LogP contribution in [-0.2, 0) is 7.05 Å². The molecule has 0 spiro atoms. The normalized spacial score (nSPS) is 11.3. The SMILES string of the molecule is CC(C)c1c(Cl)c(-c2ccc(Cl)cc2Cl)nn1C. The second-order valence-corrected chi connectivity index (χ2v) is 5.67. The average Bonchev–Trinajstić information content (AvgIpc) is 2.54. The lowest BCUT2D eigenvalue weighted by molar-refractivity contribution is 0.671. The first kappa shape index (κ1) is 13.7. The van der Waals surface area contributed by atoms with Crippen molar-refractivity contribution in [2.24, 2.45) is 7.05 Å². The van der Waals surface area contributed by atoms with E-state index in [-0.39, 0.29) is 0 Å². The van der Waals surface area contributed by atoms with Gasteiger partial charge in [0.25, 0.3) is 0 Å². The van der Waals surface area contributed by atoms with Gasteiger partial charge < -0.3 is 0 Å². The Kier molecular flexibility index (Phi) is 3.90. The fourth-order valence-electron chi connectivity index (χ4n) is 1.99. The van der Waals surface area contributed by atoms with Crippen LogP contribution in [0.15, 0.2) is 18.2 Å². The van der Waals surface area contributed by atoms with Crippen molar-refractivity contribution in [3.8, 4) is 11.3 Å². The third-order valence-electron chi connectivity index (χ3n) is 2.76. The zero-order valence-electron chi connectivity index (χ0n) is 10.3. The molecular weight excluding hydrogens is 291 g/mol. The van der Waals surface area contributed by atoms with Crippen molar-refractivity contribution in [3.05, 3.63) is 39.0 Å². The highest BCUT2D eigenvalue weighted by Gasteiger charge is 2.19. The Morgan fingerprint density at radius 1 is 1.17 bits per heavy atom. The maximum Gasteiger partial charge on any atom is 0.113 e. The summed E-state index contributed by atoms with van der Waals surface area (Å²) in [5.41, 5.74) is 2.50. The molecule has 0 saturated heterocycles. The maximum absolute atomic E-state index is 6.40. The van der Waals surface area contributed by atoms with Crippen LogP contribution in [0.25, 0.3) is 11.3 Å². The molecule has 18 heavy (non-hydrogen) atoms. The van der Waals surface area contributed by atoms with Gasteiger partial charge in [-0.25, -0.2) is 0 Å². The Labute approximate surface area is 121 Å². The molecule has 0 aliphatic rings. The molecule has 1 heterocycles. The lowest BCUT2D eigenvalue weighted by Gasteiger charge is -2.05. The molecule has 0 saturated carbocycles. The highest BCUT2D eigenvalue weighted by molar-refractivity contribution is 6.38. The van der Waals surface area contributed by atoms with E-state index >= 15 is 0 Å². The summed E-state index contributed by atoms with van der Waals surface area (Å²) in [6.45, 7) is 4.16. The number of hydrogen-bond donors (Lipinski definition) is 0. The Hall–Kier alpha value is -0.700. The molecule has 1 aromatic carbocycles. The Balaban J connectivity index is 2.62. The molecule has 0 amide bonds. The van der Waals surface area contributed by atoms with Gasteiger partial charge in [-0.1, -0.05) is 48.7 Å². The van der Waals surface area contributed by atoms with Gasteiger partial charge in [0.15, 0.2) is 0 Å². The average molecular weight is 304 g/mol. The number of aryl methyl sites for hydroxylation is 1. The van der Waals surface area contributed by atoms with Gasteiger partial charge in [-0.05, 0) is 24.1 Å². The molecule has 2 nitrogen and oxygen atoms in total. The van der Waals surface area contributed by atoms with Crippen molar-refractivity contribution in [1.82, 2.24) is 9.78 Å². The van der Waals surface area contributed by atoms with Crippen molar-refractivity contribution in [1.29, 1.82) is 0 Å². The minimum Gasteiger partial charge on any atom is -0.270 e. The third-order valence-corrected chi connectivity index (χ3v) is 3.68. The first-order valence-corrected chi connectivity index (χ1v) is 6.73. The van der Waals surface area contributed by atoms with Crippen LogP contribution in [0.5, 0.6) is 0 Å². The highest BCUT2D eigenvalue weighted by atomic mass is 35.5. The van der Waals surface area contributed by atoms with E-state index in [9.17, 15) is 0 Å².